The fraction of sp³-hybridized carbons (Fsp3) is 0.394. The maximum atomic E-state index is 13.8. The van der Waals surface area contributed by atoms with E-state index in [9.17, 15) is 49.2 Å². The Bertz CT molecular complexity index is 2300. The van der Waals surface area contributed by atoms with Gasteiger partial charge in [-0.2, -0.15) is 5.10 Å². The molecule has 24 heteroatoms. The SMILES string of the molecule is CCn1nc(C[N+]2(CC3=C(C(=O)O)N4C(=O)[C@@H](NC(=O)/C(=N\O[C@@H](CC(=O)O)C(=O)O)C5=C(Cl)SC(N)=C[I-]5)[C@H]4SC3)CCCC2)c(=O)c2c(Cl)c(O)c(O)cc21. The number of hydrogen-bond donors (Lipinski definition) is 7. The molecule has 4 aliphatic rings. The number of aromatic nitrogens is 2. The first-order chi connectivity index (χ1) is 27.0. The molecular formula is C33H34Cl2IN7O12S2. The summed E-state index contributed by atoms with van der Waals surface area (Å²) in [6, 6.07) is -0.0236. The van der Waals surface area contributed by atoms with Crippen molar-refractivity contribution < 1.29 is 80.0 Å². The second-order valence-electron chi connectivity index (χ2n) is 13.3. The van der Waals surface area contributed by atoms with Crippen LogP contribution in [-0.4, -0.2) is 123 Å². The molecule has 2 saturated heterocycles. The molecule has 0 saturated carbocycles. The Hall–Kier alpha value is -4.23. The van der Waals surface area contributed by atoms with Gasteiger partial charge in [0.05, 0.1) is 15.9 Å². The summed E-state index contributed by atoms with van der Waals surface area (Å²) in [6.45, 7) is 3.46. The van der Waals surface area contributed by atoms with E-state index < -0.39 is 97.5 Å². The summed E-state index contributed by atoms with van der Waals surface area (Å²) >= 11 is 13.6. The predicted molar refractivity (Wildman–Crippen MR) is 202 cm³/mol. The molecule has 1 aromatic heterocycles. The minimum Gasteiger partial charge on any atom is -0.504 e. The Labute approximate surface area is 351 Å². The van der Waals surface area contributed by atoms with Gasteiger partial charge in [0.15, 0.2) is 17.2 Å². The third-order valence-corrected chi connectivity index (χ3v) is 16.2. The number of nitrogens with two attached hydrogens (primary N) is 1. The minimum atomic E-state index is -1.96. The zero-order valence-corrected chi connectivity index (χ0v) is 34.9. The summed E-state index contributed by atoms with van der Waals surface area (Å²) in [6.07, 6.45) is -1.39. The Morgan fingerprint density at radius 2 is 1.86 bits per heavy atom. The van der Waals surface area contributed by atoms with Gasteiger partial charge < -0.3 is 10.2 Å². The number of thioether (sulfide) groups is 2. The van der Waals surface area contributed by atoms with Crippen LogP contribution >= 0.6 is 46.7 Å². The summed E-state index contributed by atoms with van der Waals surface area (Å²) in [5, 5.41) is 59.5. The van der Waals surface area contributed by atoms with Crippen molar-refractivity contribution in [3.8, 4) is 11.5 Å². The van der Waals surface area contributed by atoms with Gasteiger partial charge in [-0.1, -0.05) is 11.6 Å². The van der Waals surface area contributed by atoms with E-state index in [-0.39, 0.29) is 58.6 Å². The monoisotopic (exact) mass is 981 g/mol. The van der Waals surface area contributed by atoms with Gasteiger partial charge in [-0.05, 0) is 6.92 Å². The van der Waals surface area contributed by atoms with E-state index in [1.54, 1.807) is 11.0 Å². The number of likely N-dealkylation sites (tertiary alicyclic amines) is 1. The number of fused-ring (bicyclic) bond motifs is 2. The molecule has 19 nitrogen and oxygen atoms in total. The number of amides is 2. The van der Waals surface area contributed by atoms with Crippen molar-refractivity contribution in [3.63, 3.8) is 0 Å². The van der Waals surface area contributed by atoms with Crippen molar-refractivity contribution in [2.24, 2.45) is 10.9 Å². The molecule has 0 spiro atoms. The van der Waals surface area contributed by atoms with Gasteiger partial charge in [-0.15, -0.1) is 0 Å². The summed E-state index contributed by atoms with van der Waals surface area (Å²) in [7, 11) is 0. The zero-order chi connectivity index (χ0) is 41.5. The van der Waals surface area contributed by atoms with E-state index in [0.717, 1.165) is 29.5 Å². The van der Waals surface area contributed by atoms with Gasteiger partial charge in [0.25, 0.3) is 0 Å². The van der Waals surface area contributed by atoms with Crippen LogP contribution < -0.4 is 37.7 Å². The molecule has 4 aliphatic heterocycles. The van der Waals surface area contributed by atoms with Crippen molar-refractivity contribution in [2.75, 3.05) is 25.4 Å². The number of carbonyl (C=O) groups excluding carboxylic acids is 2. The number of nitrogens with zero attached hydrogens (tertiary/aromatic N) is 5. The number of halogens is 3. The topological polar surface area (TPSA) is 284 Å². The van der Waals surface area contributed by atoms with Gasteiger partial charge in [0.2, 0.25) is 5.43 Å². The van der Waals surface area contributed by atoms with Crippen LogP contribution in [-0.2, 0) is 41.9 Å². The number of oxime groups is 1. The quantitative estimate of drug-likeness (QED) is 0.0287. The number of hydrogen-bond acceptors (Lipinski definition) is 14. The number of carboxylic acid groups (broad SMARTS) is 3. The van der Waals surface area contributed by atoms with Gasteiger partial charge in [-0.25, -0.2) is 0 Å². The predicted octanol–water partition coefficient (Wildman–Crippen LogP) is -1.37. The first kappa shape index (κ1) is 42.4. The van der Waals surface area contributed by atoms with Crippen LogP contribution in [0.3, 0.4) is 0 Å². The van der Waals surface area contributed by atoms with Gasteiger partial charge >= 0.3 is 246 Å². The second kappa shape index (κ2) is 16.9. The third-order valence-electron chi connectivity index (χ3n) is 9.55. The number of nitrogens with one attached hydrogen (secondary N) is 1. The van der Waals surface area contributed by atoms with Crippen LogP contribution in [0.15, 0.2) is 44.3 Å². The van der Waals surface area contributed by atoms with Crippen molar-refractivity contribution >= 4 is 93.1 Å². The third kappa shape index (κ3) is 8.37. The Morgan fingerprint density at radius 3 is 2.47 bits per heavy atom. The average Bonchev–Trinajstić information content (AvgIpc) is 3.61. The molecule has 2 fully saturated rings. The van der Waals surface area contributed by atoms with Crippen LogP contribution in [0, 0.1) is 0 Å². The number of aryl methyl sites for hydroxylation is 1. The number of quaternary nitrogens is 1. The number of aromatic hydroxyl groups is 2. The summed E-state index contributed by atoms with van der Waals surface area (Å²) in [4.78, 5) is 83.1. The summed E-state index contributed by atoms with van der Waals surface area (Å²) in [5.41, 5.74) is 5.37. The van der Waals surface area contributed by atoms with E-state index in [1.807, 2.05) is 0 Å². The molecule has 57 heavy (non-hydrogen) atoms. The Morgan fingerprint density at radius 1 is 1.16 bits per heavy atom. The van der Waals surface area contributed by atoms with Crippen molar-refractivity contribution in [3.05, 3.63) is 55.3 Å². The number of rotatable bonds is 14. The zero-order valence-electron chi connectivity index (χ0n) is 29.6. The molecule has 0 aliphatic carbocycles. The molecule has 1 aromatic carbocycles. The van der Waals surface area contributed by atoms with Crippen molar-refractivity contribution in [2.45, 2.75) is 56.8 Å². The second-order valence-corrected chi connectivity index (χ2v) is 18.7. The molecule has 306 valence electrons. The average molecular weight is 983 g/mol. The van der Waals surface area contributed by atoms with Crippen LogP contribution in [0.4, 0.5) is 0 Å². The van der Waals surface area contributed by atoms with Crippen molar-refractivity contribution in [1.29, 1.82) is 0 Å². The molecule has 8 N–H and O–H groups in total. The van der Waals surface area contributed by atoms with Gasteiger partial charge in [0, 0.05) is 25.5 Å². The molecule has 2 amide bonds. The number of β-lactam (4-membered cyclic amide) rings is 1. The van der Waals surface area contributed by atoms with Crippen LogP contribution in [0.2, 0.25) is 5.02 Å². The molecule has 0 radical (unpaired) electrons. The minimum absolute atomic E-state index is 0.0121. The normalized spacial score (nSPS) is 21.3. The molecule has 2 aromatic rings. The number of phenols is 2. The van der Waals surface area contributed by atoms with Crippen LogP contribution in [0.5, 0.6) is 11.5 Å². The molecule has 0 unspecified atom stereocenters. The smallest absolute Gasteiger partial charge is 0.504 e. The summed E-state index contributed by atoms with van der Waals surface area (Å²) < 4.78 is 3.58. The maximum absolute atomic E-state index is 13.8. The first-order valence-corrected chi connectivity index (χ1v) is 22.0. The van der Waals surface area contributed by atoms with E-state index in [0.29, 0.717) is 30.2 Å². The fourth-order valence-electron chi connectivity index (χ4n) is 6.97. The molecular weight excluding hydrogens is 948 g/mol. The van der Waals surface area contributed by atoms with E-state index in [4.69, 9.17) is 38.9 Å². The standard InChI is InChI=1S/C33H34Cl2IN7O12S2/c1-2-41-15-7-16(44)27(48)21(34)20(15)26(47)14(39-41)11-43(5-3-4-6-43)10-13-12-56-31-24(30(50)42(31)25(13)33(53)54)38-29(49)23(22-28(35)57-18(37)9-36-22)40-55-17(32(51)52)8-19(45)46/h7,9,17,24,31,44,48H,2-6,8,10-12,37H2,1H3,(H,38,49)(H,45,46)(H,51,52)(H,53,54)/b40-23-/t17-,24+,31+/m0/s1. The van der Waals surface area contributed by atoms with Crippen LogP contribution in [0.25, 0.3) is 10.9 Å². The van der Waals surface area contributed by atoms with Crippen LogP contribution in [0.1, 0.15) is 31.9 Å². The van der Waals surface area contributed by atoms with Gasteiger partial charge in [0.1, 0.15) is 0 Å². The number of aliphatic carboxylic acids is 3. The number of carboxylic acids is 3. The fourth-order valence-corrected chi connectivity index (χ4v) is 12.5. The van der Waals surface area contributed by atoms with Gasteiger partial charge in [-0.3, -0.25) is 9.48 Å². The van der Waals surface area contributed by atoms with E-state index in [1.165, 1.54) is 22.5 Å². The number of benzene rings is 1. The van der Waals surface area contributed by atoms with E-state index >= 15 is 0 Å². The first-order valence-electron chi connectivity index (χ1n) is 17.0. The molecule has 0 bridgehead atoms. The molecule has 5 heterocycles. The number of phenolic OH excluding ortho intramolecular Hbond substituents is 2. The van der Waals surface area contributed by atoms with Crippen molar-refractivity contribution in [1.82, 2.24) is 20.0 Å². The number of carbonyl (C=O) groups is 5. The molecule has 6 rings (SSSR count). The Balaban J connectivity index is 1.27. The summed E-state index contributed by atoms with van der Waals surface area (Å²) in [5.74, 6) is -7.25. The van der Waals surface area contributed by atoms with E-state index in [2.05, 4.69) is 15.6 Å². The Kier molecular flexibility index (Phi) is 12.6. The molecule has 3 atom stereocenters.